The van der Waals surface area contributed by atoms with Crippen LogP contribution in [0.15, 0.2) is 28.8 Å². The van der Waals surface area contributed by atoms with Gasteiger partial charge in [-0.1, -0.05) is 11.6 Å². The van der Waals surface area contributed by atoms with E-state index in [0.717, 1.165) is 37.0 Å². The van der Waals surface area contributed by atoms with Gasteiger partial charge in [0.2, 0.25) is 0 Å². The Labute approximate surface area is 126 Å². The van der Waals surface area contributed by atoms with Crippen molar-refractivity contribution >= 4 is 5.97 Å². The monoisotopic (exact) mass is 301 g/mol. The molecule has 2 heterocycles. The number of carbonyl (C=O) groups is 1. The summed E-state index contributed by atoms with van der Waals surface area (Å²) in [4.78, 5) is 10.9. The summed E-state index contributed by atoms with van der Waals surface area (Å²) in [6.45, 7) is 0. The molecule has 1 aromatic heterocycles. The highest BCUT2D eigenvalue weighted by atomic mass is 16.7. The molecule has 0 bridgehead atoms. The van der Waals surface area contributed by atoms with E-state index >= 15 is 0 Å². The molecule has 6 nitrogen and oxygen atoms in total. The second kappa shape index (κ2) is 4.76. The van der Waals surface area contributed by atoms with Gasteiger partial charge in [0.1, 0.15) is 0 Å². The molecular formula is C16H15NO5. The third-order valence-corrected chi connectivity index (χ3v) is 4.16. The molecule has 1 aliphatic heterocycles. The zero-order valence-electron chi connectivity index (χ0n) is 11.9. The molecule has 1 N–H and O–H groups in total. The second-order valence-corrected chi connectivity index (χ2v) is 5.72. The fourth-order valence-electron chi connectivity index (χ4n) is 3.05. The minimum Gasteiger partial charge on any atom is -0.476 e. The molecule has 114 valence electrons. The van der Waals surface area contributed by atoms with E-state index in [1.807, 2.05) is 18.2 Å². The first-order valence-electron chi connectivity index (χ1n) is 7.38. The van der Waals surface area contributed by atoms with E-state index in [-0.39, 0.29) is 5.69 Å². The zero-order chi connectivity index (χ0) is 15.2. The lowest BCUT2D eigenvalue weighted by atomic mass is 9.94. The lowest BCUT2D eigenvalue weighted by Crippen LogP contribution is -2.40. The molecule has 0 amide bonds. The molecule has 0 atom stereocenters. The van der Waals surface area contributed by atoms with Crippen molar-refractivity contribution in [1.82, 2.24) is 5.16 Å². The molecule has 0 radical (unpaired) electrons. The van der Waals surface area contributed by atoms with Gasteiger partial charge in [-0.25, -0.2) is 4.79 Å². The first-order chi connectivity index (χ1) is 10.7. The van der Waals surface area contributed by atoms with Crippen molar-refractivity contribution in [2.75, 3.05) is 0 Å². The Kier molecular flexibility index (Phi) is 2.85. The summed E-state index contributed by atoms with van der Waals surface area (Å²) in [6.07, 6.45) is 5.20. The van der Waals surface area contributed by atoms with Crippen molar-refractivity contribution in [3.63, 3.8) is 0 Å². The van der Waals surface area contributed by atoms with Gasteiger partial charge in [0.15, 0.2) is 23.0 Å². The SMILES string of the molecule is O=C(O)c1cc(-c2ccc3c(c2)OC2(CCCCC2)O3)on1. The molecule has 1 fully saturated rings. The number of fused-ring (bicyclic) bond motifs is 1. The van der Waals surface area contributed by atoms with Gasteiger partial charge in [0.05, 0.1) is 0 Å². The van der Waals surface area contributed by atoms with Crippen molar-refractivity contribution in [2.45, 2.75) is 37.9 Å². The number of nitrogens with zero attached hydrogens (tertiary/aromatic N) is 1. The normalized spacial score (nSPS) is 18.5. The Morgan fingerprint density at radius 2 is 1.86 bits per heavy atom. The second-order valence-electron chi connectivity index (χ2n) is 5.72. The number of aromatic nitrogens is 1. The molecule has 1 aromatic carbocycles. The predicted molar refractivity (Wildman–Crippen MR) is 76.0 cm³/mol. The van der Waals surface area contributed by atoms with Gasteiger partial charge in [-0.15, -0.1) is 0 Å². The van der Waals surface area contributed by atoms with Crippen molar-refractivity contribution in [3.05, 3.63) is 30.0 Å². The Balaban J connectivity index is 1.63. The predicted octanol–water partition coefficient (Wildman–Crippen LogP) is 3.47. The molecule has 1 spiro atoms. The molecule has 2 aliphatic rings. The lowest BCUT2D eigenvalue weighted by molar-refractivity contribution is -0.105. The third kappa shape index (κ3) is 2.11. The van der Waals surface area contributed by atoms with E-state index in [1.54, 1.807) is 0 Å². The molecule has 6 heteroatoms. The van der Waals surface area contributed by atoms with Crippen LogP contribution in [0.1, 0.15) is 42.6 Å². The summed E-state index contributed by atoms with van der Waals surface area (Å²) in [5.41, 5.74) is 0.603. The van der Waals surface area contributed by atoms with Crippen LogP contribution >= 0.6 is 0 Å². The first-order valence-corrected chi connectivity index (χ1v) is 7.38. The summed E-state index contributed by atoms with van der Waals surface area (Å²) >= 11 is 0. The third-order valence-electron chi connectivity index (χ3n) is 4.16. The maximum atomic E-state index is 10.9. The van der Waals surface area contributed by atoms with E-state index in [1.165, 1.54) is 12.5 Å². The van der Waals surface area contributed by atoms with E-state index in [9.17, 15) is 4.79 Å². The van der Waals surface area contributed by atoms with Gasteiger partial charge in [0.25, 0.3) is 5.79 Å². The van der Waals surface area contributed by atoms with Crippen LogP contribution in [0, 0.1) is 0 Å². The van der Waals surface area contributed by atoms with Gasteiger partial charge in [0, 0.05) is 24.5 Å². The Bertz CT molecular complexity index is 730. The molecule has 22 heavy (non-hydrogen) atoms. The fourth-order valence-corrected chi connectivity index (χ4v) is 3.05. The number of aromatic carboxylic acids is 1. The van der Waals surface area contributed by atoms with E-state index in [4.69, 9.17) is 19.1 Å². The smallest absolute Gasteiger partial charge is 0.358 e. The van der Waals surface area contributed by atoms with Crippen LogP contribution in [0.3, 0.4) is 0 Å². The molecule has 0 unspecified atom stereocenters. The number of ether oxygens (including phenoxy) is 2. The number of hydrogen-bond donors (Lipinski definition) is 1. The minimum absolute atomic E-state index is 0.114. The van der Waals surface area contributed by atoms with Crippen LogP contribution in [0.2, 0.25) is 0 Å². The number of carboxylic acids is 1. The Morgan fingerprint density at radius 1 is 1.09 bits per heavy atom. The molecule has 2 aromatic rings. The van der Waals surface area contributed by atoms with Crippen LogP contribution in [0.25, 0.3) is 11.3 Å². The summed E-state index contributed by atoms with van der Waals surface area (Å²) in [5, 5.41) is 12.4. The summed E-state index contributed by atoms with van der Waals surface area (Å²) in [7, 11) is 0. The van der Waals surface area contributed by atoms with Gasteiger partial charge in [-0.2, -0.15) is 0 Å². The van der Waals surface area contributed by atoms with Crippen LogP contribution in [0.4, 0.5) is 0 Å². The Hall–Kier alpha value is -2.50. The molecule has 1 aliphatic carbocycles. The van der Waals surface area contributed by atoms with Crippen LogP contribution in [-0.4, -0.2) is 22.0 Å². The molecule has 0 saturated heterocycles. The number of carboxylic acid groups (broad SMARTS) is 1. The van der Waals surface area contributed by atoms with Crippen molar-refractivity contribution < 1.29 is 23.9 Å². The molecular weight excluding hydrogens is 286 g/mol. The summed E-state index contributed by atoms with van der Waals surface area (Å²) < 4.78 is 17.1. The number of hydrogen-bond acceptors (Lipinski definition) is 5. The quantitative estimate of drug-likeness (QED) is 0.914. The molecule has 1 saturated carbocycles. The maximum Gasteiger partial charge on any atom is 0.358 e. The van der Waals surface area contributed by atoms with Crippen molar-refractivity contribution in [3.8, 4) is 22.8 Å². The van der Waals surface area contributed by atoms with Crippen LogP contribution in [0.5, 0.6) is 11.5 Å². The van der Waals surface area contributed by atoms with E-state index < -0.39 is 11.8 Å². The average Bonchev–Trinajstić information content (AvgIpc) is 3.11. The van der Waals surface area contributed by atoms with Gasteiger partial charge in [-0.05, 0) is 31.0 Å². The fraction of sp³-hybridized carbons (Fsp3) is 0.375. The van der Waals surface area contributed by atoms with E-state index in [2.05, 4.69) is 5.16 Å². The first kappa shape index (κ1) is 13.2. The maximum absolute atomic E-state index is 10.9. The van der Waals surface area contributed by atoms with Crippen LogP contribution in [-0.2, 0) is 0 Å². The Morgan fingerprint density at radius 3 is 2.59 bits per heavy atom. The number of rotatable bonds is 2. The number of benzene rings is 1. The molecule has 4 rings (SSSR count). The standard InChI is InChI=1S/C16H15NO5/c18-15(19)11-9-13(22-17-11)10-4-5-12-14(8-10)21-16(20-12)6-2-1-3-7-16/h4-5,8-9H,1-3,6-7H2,(H,18,19). The van der Waals surface area contributed by atoms with Crippen LogP contribution < -0.4 is 9.47 Å². The average molecular weight is 301 g/mol. The van der Waals surface area contributed by atoms with Crippen molar-refractivity contribution in [1.29, 1.82) is 0 Å². The zero-order valence-corrected chi connectivity index (χ0v) is 11.9. The highest BCUT2D eigenvalue weighted by molar-refractivity contribution is 5.86. The van der Waals surface area contributed by atoms with Gasteiger partial charge in [-0.3, -0.25) is 0 Å². The van der Waals surface area contributed by atoms with E-state index in [0.29, 0.717) is 11.5 Å². The largest absolute Gasteiger partial charge is 0.476 e. The van der Waals surface area contributed by atoms with Crippen molar-refractivity contribution in [2.24, 2.45) is 0 Å². The van der Waals surface area contributed by atoms with Gasteiger partial charge < -0.3 is 19.1 Å². The highest BCUT2D eigenvalue weighted by Crippen LogP contribution is 2.46. The summed E-state index contributed by atoms with van der Waals surface area (Å²) in [5.74, 6) is 0.161. The lowest BCUT2D eigenvalue weighted by Gasteiger charge is -2.31. The topological polar surface area (TPSA) is 81.8 Å². The highest BCUT2D eigenvalue weighted by Gasteiger charge is 2.42. The van der Waals surface area contributed by atoms with Gasteiger partial charge >= 0.3 is 5.97 Å². The minimum atomic E-state index is -1.11. The summed E-state index contributed by atoms with van der Waals surface area (Å²) in [6, 6.07) is 6.86.